The molecule has 1 aromatic carbocycles. The van der Waals surface area contributed by atoms with Gasteiger partial charge in [-0.2, -0.15) is 11.8 Å². The van der Waals surface area contributed by atoms with Crippen molar-refractivity contribution < 1.29 is 0 Å². The van der Waals surface area contributed by atoms with Crippen molar-refractivity contribution in [2.45, 2.75) is 19.4 Å². The number of rotatable bonds is 4. The average Bonchev–Trinajstić information content (AvgIpc) is 3.06. The van der Waals surface area contributed by atoms with Crippen LogP contribution in [-0.2, 0) is 0 Å². The van der Waals surface area contributed by atoms with Crippen molar-refractivity contribution in [1.29, 1.82) is 0 Å². The summed E-state index contributed by atoms with van der Waals surface area (Å²) in [5.41, 5.74) is 2.70. The van der Waals surface area contributed by atoms with Crippen molar-refractivity contribution in [2.24, 2.45) is 5.92 Å². The van der Waals surface area contributed by atoms with Crippen LogP contribution in [0.25, 0.3) is 10.9 Å². The molecule has 2 nitrogen and oxygen atoms in total. The van der Waals surface area contributed by atoms with Crippen molar-refractivity contribution in [1.82, 2.24) is 10.3 Å². The molecular weight excluding hydrogens is 240 g/mol. The van der Waals surface area contributed by atoms with E-state index in [1.165, 1.54) is 34.4 Å². The van der Waals surface area contributed by atoms with Crippen molar-refractivity contribution >= 4 is 22.7 Å². The quantitative estimate of drug-likeness (QED) is 0.879. The normalized spacial score (nSPS) is 21.5. The molecule has 2 atom stereocenters. The first kappa shape index (κ1) is 12.1. The van der Waals surface area contributed by atoms with Gasteiger partial charge in [-0.1, -0.05) is 25.1 Å². The fourth-order valence-corrected chi connectivity index (χ4v) is 4.22. The fraction of sp³-hybridized carbons (Fsp3) is 0.467. The first-order valence-corrected chi connectivity index (χ1v) is 7.92. The van der Waals surface area contributed by atoms with Crippen molar-refractivity contribution in [3.8, 4) is 0 Å². The zero-order chi connectivity index (χ0) is 12.4. The van der Waals surface area contributed by atoms with Crippen LogP contribution in [0, 0.1) is 5.92 Å². The number of hydrogen-bond donors (Lipinski definition) is 2. The Morgan fingerprint density at radius 2 is 2.33 bits per heavy atom. The molecule has 3 rings (SSSR count). The molecule has 0 spiro atoms. The molecule has 0 amide bonds. The topological polar surface area (TPSA) is 27.8 Å². The standard InChI is InChI=1S/C15H20N2S/c1-2-16-15(11-7-8-18-10-11)13-9-17-14-6-4-3-5-12(13)14/h3-6,9,11,15-17H,2,7-8,10H2,1H3. The molecule has 0 saturated carbocycles. The van der Waals surface area contributed by atoms with Gasteiger partial charge in [0.2, 0.25) is 0 Å². The number of thioether (sulfide) groups is 1. The molecule has 1 fully saturated rings. The molecule has 2 unspecified atom stereocenters. The third-order valence-electron chi connectivity index (χ3n) is 3.82. The second-order valence-electron chi connectivity index (χ2n) is 4.95. The molecule has 2 aromatic rings. The second-order valence-corrected chi connectivity index (χ2v) is 6.10. The highest BCUT2D eigenvalue weighted by atomic mass is 32.2. The van der Waals surface area contributed by atoms with Gasteiger partial charge in [0.1, 0.15) is 0 Å². The fourth-order valence-electron chi connectivity index (χ4n) is 2.92. The Morgan fingerprint density at radius 1 is 1.44 bits per heavy atom. The van der Waals surface area contributed by atoms with E-state index in [0.29, 0.717) is 6.04 Å². The van der Waals surface area contributed by atoms with Gasteiger partial charge in [0.15, 0.2) is 0 Å². The van der Waals surface area contributed by atoms with Crippen LogP contribution in [0.1, 0.15) is 24.9 Å². The van der Waals surface area contributed by atoms with Crippen LogP contribution in [0.15, 0.2) is 30.5 Å². The summed E-state index contributed by atoms with van der Waals surface area (Å²) in [5, 5.41) is 5.06. The predicted octanol–water partition coefficient (Wildman–Crippen LogP) is 3.57. The summed E-state index contributed by atoms with van der Waals surface area (Å²) in [6, 6.07) is 9.11. The molecule has 96 valence electrons. The monoisotopic (exact) mass is 260 g/mol. The Balaban J connectivity index is 1.98. The summed E-state index contributed by atoms with van der Waals surface area (Å²) in [7, 11) is 0. The highest BCUT2D eigenvalue weighted by Crippen LogP contribution is 2.36. The summed E-state index contributed by atoms with van der Waals surface area (Å²) in [5.74, 6) is 3.38. The molecule has 0 bridgehead atoms. The lowest BCUT2D eigenvalue weighted by atomic mass is 9.92. The first-order valence-electron chi connectivity index (χ1n) is 6.77. The van der Waals surface area contributed by atoms with Crippen molar-refractivity contribution in [3.05, 3.63) is 36.0 Å². The average molecular weight is 260 g/mol. The molecule has 0 aliphatic carbocycles. The molecular formula is C15H20N2S. The van der Waals surface area contributed by atoms with E-state index in [9.17, 15) is 0 Å². The van der Waals surface area contributed by atoms with Gasteiger partial charge in [-0.3, -0.25) is 0 Å². The van der Waals surface area contributed by atoms with E-state index >= 15 is 0 Å². The lowest BCUT2D eigenvalue weighted by Gasteiger charge is -2.23. The van der Waals surface area contributed by atoms with Crippen LogP contribution in [-0.4, -0.2) is 23.0 Å². The number of nitrogens with one attached hydrogen (secondary N) is 2. The molecule has 1 aliphatic rings. The highest BCUT2D eigenvalue weighted by molar-refractivity contribution is 7.99. The van der Waals surface area contributed by atoms with Gasteiger partial charge >= 0.3 is 0 Å². The lowest BCUT2D eigenvalue weighted by Crippen LogP contribution is -2.28. The maximum atomic E-state index is 3.69. The summed E-state index contributed by atoms with van der Waals surface area (Å²) in [6.45, 7) is 3.23. The Bertz CT molecular complexity index is 514. The number of hydrogen-bond acceptors (Lipinski definition) is 2. The Morgan fingerprint density at radius 3 is 3.11 bits per heavy atom. The van der Waals surface area contributed by atoms with Crippen LogP contribution in [0.2, 0.25) is 0 Å². The third kappa shape index (κ3) is 2.17. The van der Waals surface area contributed by atoms with Crippen LogP contribution in [0.4, 0.5) is 0 Å². The minimum absolute atomic E-state index is 0.501. The van der Waals surface area contributed by atoms with Gasteiger partial charge in [0.25, 0.3) is 0 Å². The van der Waals surface area contributed by atoms with E-state index < -0.39 is 0 Å². The molecule has 1 aliphatic heterocycles. The molecule has 18 heavy (non-hydrogen) atoms. The number of H-pyrrole nitrogens is 1. The predicted molar refractivity (Wildman–Crippen MR) is 80.1 cm³/mol. The molecule has 1 saturated heterocycles. The van der Waals surface area contributed by atoms with Crippen LogP contribution in [0.3, 0.4) is 0 Å². The summed E-state index contributed by atoms with van der Waals surface area (Å²) >= 11 is 2.09. The van der Waals surface area contributed by atoms with Gasteiger partial charge in [-0.15, -0.1) is 0 Å². The third-order valence-corrected chi connectivity index (χ3v) is 5.00. The van der Waals surface area contributed by atoms with Gasteiger partial charge in [0, 0.05) is 23.1 Å². The maximum Gasteiger partial charge on any atom is 0.0457 e. The van der Waals surface area contributed by atoms with Crippen LogP contribution >= 0.6 is 11.8 Å². The SMILES string of the molecule is CCNC(c1c[nH]c2ccccc12)C1CCSC1. The summed E-state index contributed by atoms with van der Waals surface area (Å²) in [4.78, 5) is 3.40. The first-order chi connectivity index (χ1) is 8.90. The highest BCUT2D eigenvalue weighted by Gasteiger charge is 2.27. The van der Waals surface area contributed by atoms with Gasteiger partial charge in [0.05, 0.1) is 0 Å². The smallest absolute Gasteiger partial charge is 0.0457 e. The van der Waals surface area contributed by atoms with Crippen LogP contribution in [0.5, 0.6) is 0 Å². The van der Waals surface area contributed by atoms with E-state index in [2.05, 4.69) is 59.4 Å². The second kappa shape index (κ2) is 5.37. The molecule has 2 heterocycles. The number of benzene rings is 1. The molecule has 0 radical (unpaired) electrons. The minimum atomic E-state index is 0.501. The van der Waals surface area contributed by atoms with E-state index in [1.54, 1.807) is 0 Å². The van der Waals surface area contributed by atoms with Gasteiger partial charge in [-0.25, -0.2) is 0 Å². The largest absolute Gasteiger partial charge is 0.361 e. The summed E-state index contributed by atoms with van der Waals surface area (Å²) < 4.78 is 0. The Kier molecular flexibility index (Phi) is 3.62. The number of para-hydroxylation sites is 1. The maximum absolute atomic E-state index is 3.69. The lowest BCUT2D eigenvalue weighted by molar-refractivity contribution is 0.403. The van der Waals surface area contributed by atoms with Crippen molar-refractivity contribution in [3.63, 3.8) is 0 Å². The van der Waals surface area contributed by atoms with Crippen molar-refractivity contribution in [2.75, 3.05) is 18.1 Å². The van der Waals surface area contributed by atoms with Gasteiger partial charge < -0.3 is 10.3 Å². The minimum Gasteiger partial charge on any atom is -0.361 e. The van der Waals surface area contributed by atoms with Crippen LogP contribution < -0.4 is 5.32 Å². The zero-order valence-corrected chi connectivity index (χ0v) is 11.6. The van der Waals surface area contributed by atoms with E-state index in [-0.39, 0.29) is 0 Å². The van der Waals surface area contributed by atoms with E-state index in [0.717, 1.165) is 12.5 Å². The molecule has 1 aromatic heterocycles. The van der Waals surface area contributed by atoms with Gasteiger partial charge in [-0.05, 0) is 42.0 Å². The zero-order valence-electron chi connectivity index (χ0n) is 10.8. The molecule has 3 heteroatoms. The number of fused-ring (bicyclic) bond motifs is 1. The van der Waals surface area contributed by atoms with E-state index in [4.69, 9.17) is 0 Å². The van der Waals surface area contributed by atoms with E-state index in [1.807, 2.05) is 0 Å². The number of aromatic nitrogens is 1. The Hall–Kier alpha value is -0.930. The molecule has 2 N–H and O–H groups in total. The number of aromatic amines is 1. The Labute approximate surface area is 113 Å². The summed E-state index contributed by atoms with van der Waals surface area (Å²) in [6.07, 6.45) is 3.53.